The van der Waals surface area contributed by atoms with E-state index in [4.69, 9.17) is 0 Å². The summed E-state index contributed by atoms with van der Waals surface area (Å²) in [6, 6.07) is 4.29. The van der Waals surface area contributed by atoms with Crippen molar-refractivity contribution in [1.29, 1.82) is 0 Å². The van der Waals surface area contributed by atoms with Gasteiger partial charge in [0.25, 0.3) is 0 Å². The monoisotopic (exact) mass is 340 g/mol. The number of fused-ring (bicyclic) bond motifs is 1. The molecular weight excluding hydrogens is 320 g/mol. The van der Waals surface area contributed by atoms with E-state index in [-0.39, 0.29) is 5.69 Å². The van der Waals surface area contributed by atoms with Crippen molar-refractivity contribution in [3.8, 4) is 0 Å². The van der Waals surface area contributed by atoms with Crippen molar-refractivity contribution < 1.29 is 0 Å². The molecule has 0 radical (unpaired) electrons. The van der Waals surface area contributed by atoms with Gasteiger partial charge in [-0.1, -0.05) is 0 Å². The minimum Gasteiger partial charge on any atom is -0.355 e. The third-order valence-electron chi connectivity index (χ3n) is 5.23. The summed E-state index contributed by atoms with van der Waals surface area (Å²) < 4.78 is 5.12. The van der Waals surface area contributed by atoms with Crippen molar-refractivity contribution in [1.82, 2.24) is 34.2 Å². The van der Waals surface area contributed by atoms with Gasteiger partial charge in [0.1, 0.15) is 18.0 Å². The lowest BCUT2D eigenvalue weighted by Gasteiger charge is -2.32. The molecule has 0 unspecified atom stereocenters. The second-order valence-electron chi connectivity index (χ2n) is 6.95. The molecule has 2 fully saturated rings. The van der Waals surface area contributed by atoms with E-state index in [1.54, 1.807) is 17.9 Å². The van der Waals surface area contributed by atoms with E-state index in [9.17, 15) is 4.79 Å². The fraction of sp³-hybridized carbons (Fsp3) is 0.562. The van der Waals surface area contributed by atoms with Crippen LogP contribution in [0, 0.1) is 0 Å². The van der Waals surface area contributed by atoms with Crippen LogP contribution in [0.5, 0.6) is 0 Å². The van der Waals surface area contributed by atoms with Gasteiger partial charge in [0.05, 0.1) is 0 Å². The standard InChI is InChI=1S/C16H20N8O/c1-21-16(25)24(12-2-3-12)15(20-21)11-6-8-22(9-7-11)14-5-4-13-18-17-10-23(13)19-14/h4-5,10-12H,2-3,6-9H2,1H3. The first-order valence-corrected chi connectivity index (χ1v) is 8.78. The van der Waals surface area contributed by atoms with Crippen LogP contribution in [0.25, 0.3) is 5.65 Å². The van der Waals surface area contributed by atoms with Crippen molar-refractivity contribution in [2.45, 2.75) is 37.6 Å². The number of aryl methyl sites for hydroxylation is 1. The van der Waals surface area contributed by atoms with Gasteiger partial charge >= 0.3 is 5.69 Å². The van der Waals surface area contributed by atoms with E-state index >= 15 is 0 Å². The molecule has 0 bridgehead atoms. The van der Waals surface area contributed by atoms with E-state index in [1.165, 1.54) is 4.68 Å². The second kappa shape index (κ2) is 5.40. The van der Waals surface area contributed by atoms with Crippen LogP contribution in [0.2, 0.25) is 0 Å². The largest absolute Gasteiger partial charge is 0.355 e. The molecule has 0 aromatic carbocycles. The molecule has 3 aromatic rings. The third kappa shape index (κ3) is 2.41. The summed E-state index contributed by atoms with van der Waals surface area (Å²) >= 11 is 0. The maximum Gasteiger partial charge on any atom is 0.345 e. The Hall–Kier alpha value is -2.71. The normalized spacial score (nSPS) is 19.0. The Bertz CT molecular complexity index is 974. The van der Waals surface area contributed by atoms with Crippen molar-refractivity contribution in [2.75, 3.05) is 18.0 Å². The van der Waals surface area contributed by atoms with E-state index in [0.29, 0.717) is 12.0 Å². The highest BCUT2D eigenvalue weighted by atomic mass is 16.2. The van der Waals surface area contributed by atoms with Crippen molar-refractivity contribution in [2.24, 2.45) is 7.05 Å². The number of hydrogen-bond acceptors (Lipinski definition) is 6. The molecule has 5 rings (SSSR count). The molecule has 0 N–H and O–H groups in total. The molecule has 3 aromatic heterocycles. The Morgan fingerprint density at radius 3 is 2.64 bits per heavy atom. The molecule has 130 valence electrons. The van der Waals surface area contributed by atoms with Gasteiger partial charge in [-0.25, -0.2) is 9.48 Å². The molecule has 1 aliphatic heterocycles. The molecule has 1 saturated carbocycles. The fourth-order valence-electron chi connectivity index (χ4n) is 3.71. The second-order valence-corrected chi connectivity index (χ2v) is 6.95. The predicted octanol–water partition coefficient (Wildman–Crippen LogP) is 0.738. The van der Waals surface area contributed by atoms with Crippen LogP contribution in [-0.2, 0) is 7.05 Å². The van der Waals surface area contributed by atoms with Crippen LogP contribution in [0.3, 0.4) is 0 Å². The molecule has 2 aliphatic rings. The SMILES string of the molecule is Cn1nc(C2CCN(c3ccc4nncn4n3)CC2)n(C2CC2)c1=O. The van der Waals surface area contributed by atoms with Crippen molar-refractivity contribution in [3.63, 3.8) is 0 Å². The van der Waals surface area contributed by atoms with Crippen molar-refractivity contribution >= 4 is 11.5 Å². The first kappa shape index (κ1) is 14.6. The third-order valence-corrected chi connectivity index (χ3v) is 5.23. The Morgan fingerprint density at radius 1 is 1.08 bits per heavy atom. The summed E-state index contributed by atoms with van der Waals surface area (Å²) in [6.45, 7) is 1.81. The van der Waals surface area contributed by atoms with Crippen LogP contribution >= 0.6 is 0 Å². The van der Waals surface area contributed by atoms with Gasteiger partial charge in [-0.05, 0) is 37.8 Å². The molecule has 4 heterocycles. The predicted molar refractivity (Wildman–Crippen MR) is 90.7 cm³/mol. The number of aromatic nitrogens is 7. The lowest BCUT2D eigenvalue weighted by molar-refractivity contribution is 0.459. The van der Waals surface area contributed by atoms with Crippen LogP contribution < -0.4 is 10.6 Å². The zero-order chi connectivity index (χ0) is 17.0. The molecule has 0 spiro atoms. The minimum absolute atomic E-state index is 0.0275. The molecule has 0 amide bonds. The zero-order valence-corrected chi connectivity index (χ0v) is 14.1. The van der Waals surface area contributed by atoms with Gasteiger partial charge < -0.3 is 4.90 Å². The van der Waals surface area contributed by atoms with Crippen molar-refractivity contribution in [3.05, 3.63) is 34.8 Å². The molecule has 1 aliphatic carbocycles. The molecule has 9 nitrogen and oxygen atoms in total. The van der Waals surface area contributed by atoms with Gasteiger partial charge in [-0.2, -0.15) is 9.61 Å². The summed E-state index contributed by atoms with van der Waals surface area (Å²) in [5, 5.41) is 17.0. The van der Waals surface area contributed by atoms with E-state index in [1.807, 2.05) is 16.7 Å². The number of piperidine rings is 1. The van der Waals surface area contributed by atoms with E-state index < -0.39 is 0 Å². The number of rotatable bonds is 3. The smallest absolute Gasteiger partial charge is 0.345 e. The van der Waals surface area contributed by atoms with Gasteiger partial charge in [0.2, 0.25) is 0 Å². The Balaban J connectivity index is 1.36. The quantitative estimate of drug-likeness (QED) is 0.699. The maximum atomic E-state index is 12.3. The van der Waals surface area contributed by atoms with Gasteiger partial charge in [-0.15, -0.1) is 15.3 Å². The summed E-state index contributed by atoms with van der Waals surface area (Å²) in [6.07, 6.45) is 5.77. The highest BCUT2D eigenvalue weighted by Gasteiger charge is 2.33. The summed E-state index contributed by atoms with van der Waals surface area (Å²) in [5.74, 6) is 2.24. The van der Waals surface area contributed by atoms with Gasteiger partial charge in [0.15, 0.2) is 5.65 Å². The van der Waals surface area contributed by atoms with Gasteiger partial charge in [-0.3, -0.25) is 4.57 Å². The maximum absolute atomic E-state index is 12.3. The average molecular weight is 340 g/mol. The molecule has 1 saturated heterocycles. The fourth-order valence-corrected chi connectivity index (χ4v) is 3.71. The first-order chi connectivity index (χ1) is 12.2. The Labute approximate surface area is 143 Å². The summed E-state index contributed by atoms with van der Waals surface area (Å²) in [4.78, 5) is 14.6. The van der Waals surface area contributed by atoms with E-state index in [0.717, 1.165) is 56.1 Å². The number of hydrogen-bond donors (Lipinski definition) is 0. The molecule has 9 heteroatoms. The average Bonchev–Trinajstić information content (AvgIpc) is 3.28. The van der Waals surface area contributed by atoms with Crippen LogP contribution in [0.4, 0.5) is 5.82 Å². The molecular formula is C16H20N8O. The topological polar surface area (TPSA) is 86.1 Å². The molecule has 0 atom stereocenters. The minimum atomic E-state index is 0.0275. The Morgan fingerprint density at radius 2 is 1.88 bits per heavy atom. The van der Waals surface area contributed by atoms with E-state index in [2.05, 4.69) is 25.3 Å². The Kier molecular flexibility index (Phi) is 3.16. The lowest BCUT2D eigenvalue weighted by Crippen LogP contribution is -2.35. The highest BCUT2D eigenvalue weighted by Crippen LogP contribution is 2.37. The van der Waals surface area contributed by atoms with Crippen LogP contribution in [0.15, 0.2) is 23.3 Å². The number of anilines is 1. The zero-order valence-electron chi connectivity index (χ0n) is 14.1. The van der Waals surface area contributed by atoms with Crippen LogP contribution in [-0.4, -0.2) is 47.2 Å². The molecule has 25 heavy (non-hydrogen) atoms. The number of nitrogens with zero attached hydrogens (tertiary/aromatic N) is 8. The van der Waals surface area contributed by atoms with Crippen LogP contribution in [0.1, 0.15) is 43.5 Å². The summed E-state index contributed by atoms with van der Waals surface area (Å²) in [5.41, 5.74) is 0.778. The van der Waals surface area contributed by atoms with Gasteiger partial charge in [0, 0.05) is 32.1 Å². The first-order valence-electron chi connectivity index (χ1n) is 8.78. The summed E-state index contributed by atoms with van der Waals surface area (Å²) in [7, 11) is 1.75. The lowest BCUT2D eigenvalue weighted by atomic mass is 9.96. The highest BCUT2D eigenvalue weighted by molar-refractivity contribution is 5.45.